The minimum atomic E-state index is -0.941. The van der Waals surface area contributed by atoms with E-state index in [1.165, 1.54) is 12.1 Å². The van der Waals surface area contributed by atoms with E-state index in [0.29, 0.717) is 12.1 Å². The van der Waals surface area contributed by atoms with Gasteiger partial charge in [-0.05, 0) is 24.6 Å². The lowest BCUT2D eigenvalue weighted by molar-refractivity contribution is 0.0697. The molecule has 0 aliphatic rings. The van der Waals surface area contributed by atoms with E-state index in [4.69, 9.17) is 10.3 Å². The summed E-state index contributed by atoms with van der Waals surface area (Å²) in [6.45, 7) is 1.70. The zero-order valence-electron chi connectivity index (χ0n) is 7.77. The minimum Gasteiger partial charge on any atom is -0.478 e. The normalized spacial score (nSPS) is 11.4. The lowest BCUT2D eigenvalue weighted by Gasteiger charge is -1.99. The molecule has 4 nitrogen and oxygen atoms in total. The summed E-state index contributed by atoms with van der Waals surface area (Å²) < 4.78 is 0. The van der Waals surface area contributed by atoms with E-state index in [0.717, 1.165) is 5.56 Å². The highest BCUT2D eigenvalue weighted by molar-refractivity contribution is 5.88. The molecule has 0 unspecified atom stereocenters. The quantitative estimate of drug-likeness (QED) is 0.436. The maximum atomic E-state index is 10.5. The third-order valence-corrected chi connectivity index (χ3v) is 1.83. The van der Waals surface area contributed by atoms with Crippen molar-refractivity contribution in [3.8, 4) is 0 Å². The maximum absolute atomic E-state index is 10.5. The van der Waals surface area contributed by atoms with Crippen LogP contribution in [0, 0.1) is 0 Å². The Labute approximate surface area is 81.5 Å². The standard InChI is InChI=1S/C10H11NO3/c1-7(11-14)6-8-2-4-9(5-3-8)10(12)13/h2-5,14H,6H2,1H3,(H,12,13)/b11-7+. The van der Waals surface area contributed by atoms with Crippen LogP contribution in [0.15, 0.2) is 29.4 Å². The highest BCUT2D eigenvalue weighted by Crippen LogP contribution is 2.05. The minimum absolute atomic E-state index is 0.257. The van der Waals surface area contributed by atoms with Crippen molar-refractivity contribution in [2.75, 3.05) is 0 Å². The Morgan fingerprint density at radius 2 is 1.93 bits per heavy atom. The predicted octanol–water partition coefficient (Wildman–Crippen LogP) is 1.78. The Morgan fingerprint density at radius 1 is 1.36 bits per heavy atom. The molecule has 0 saturated heterocycles. The Kier molecular flexibility index (Phi) is 3.23. The maximum Gasteiger partial charge on any atom is 0.335 e. The molecule has 0 aliphatic heterocycles. The Bertz CT molecular complexity index is 354. The van der Waals surface area contributed by atoms with Crippen LogP contribution in [-0.4, -0.2) is 22.0 Å². The van der Waals surface area contributed by atoms with Gasteiger partial charge in [0.15, 0.2) is 0 Å². The monoisotopic (exact) mass is 193 g/mol. The van der Waals surface area contributed by atoms with Gasteiger partial charge in [0, 0.05) is 6.42 Å². The van der Waals surface area contributed by atoms with Crippen LogP contribution in [0.5, 0.6) is 0 Å². The van der Waals surface area contributed by atoms with Gasteiger partial charge in [0.25, 0.3) is 0 Å². The second kappa shape index (κ2) is 4.41. The van der Waals surface area contributed by atoms with Gasteiger partial charge in [-0.3, -0.25) is 0 Å². The summed E-state index contributed by atoms with van der Waals surface area (Å²) in [7, 11) is 0. The van der Waals surface area contributed by atoms with Crippen LogP contribution in [0.3, 0.4) is 0 Å². The molecule has 0 amide bonds. The Morgan fingerprint density at radius 3 is 2.36 bits per heavy atom. The highest BCUT2D eigenvalue weighted by Gasteiger charge is 2.02. The summed E-state index contributed by atoms with van der Waals surface area (Å²) >= 11 is 0. The molecule has 0 aliphatic carbocycles. The number of nitrogens with zero attached hydrogens (tertiary/aromatic N) is 1. The van der Waals surface area contributed by atoms with Crippen LogP contribution in [-0.2, 0) is 6.42 Å². The van der Waals surface area contributed by atoms with E-state index < -0.39 is 5.97 Å². The van der Waals surface area contributed by atoms with Crippen LogP contribution in [0.2, 0.25) is 0 Å². The van der Waals surface area contributed by atoms with Crippen molar-refractivity contribution in [3.63, 3.8) is 0 Å². The first-order chi connectivity index (χ1) is 6.63. The molecule has 0 saturated carbocycles. The molecular formula is C10H11NO3. The van der Waals surface area contributed by atoms with Gasteiger partial charge in [0.05, 0.1) is 11.3 Å². The third-order valence-electron chi connectivity index (χ3n) is 1.83. The fourth-order valence-corrected chi connectivity index (χ4v) is 1.10. The van der Waals surface area contributed by atoms with Crippen molar-refractivity contribution >= 4 is 11.7 Å². The highest BCUT2D eigenvalue weighted by atomic mass is 16.4. The van der Waals surface area contributed by atoms with Gasteiger partial charge in [0.1, 0.15) is 0 Å². The topological polar surface area (TPSA) is 69.9 Å². The Balaban J connectivity index is 2.79. The van der Waals surface area contributed by atoms with Crippen molar-refractivity contribution in [1.82, 2.24) is 0 Å². The van der Waals surface area contributed by atoms with Crippen LogP contribution in [0.1, 0.15) is 22.8 Å². The largest absolute Gasteiger partial charge is 0.478 e. The summed E-state index contributed by atoms with van der Waals surface area (Å²) in [4.78, 5) is 10.5. The van der Waals surface area contributed by atoms with Gasteiger partial charge in [-0.15, -0.1) is 0 Å². The second-order valence-corrected chi connectivity index (χ2v) is 3.01. The number of aromatic carboxylic acids is 1. The number of carboxylic acid groups (broad SMARTS) is 1. The predicted molar refractivity (Wildman–Crippen MR) is 52.0 cm³/mol. The fourth-order valence-electron chi connectivity index (χ4n) is 1.10. The zero-order valence-corrected chi connectivity index (χ0v) is 7.77. The smallest absolute Gasteiger partial charge is 0.335 e. The number of hydrogen-bond acceptors (Lipinski definition) is 3. The Hall–Kier alpha value is -1.84. The second-order valence-electron chi connectivity index (χ2n) is 3.01. The molecule has 4 heteroatoms. The number of rotatable bonds is 3. The van der Waals surface area contributed by atoms with E-state index in [9.17, 15) is 4.79 Å². The zero-order chi connectivity index (χ0) is 10.6. The molecule has 1 rings (SSSR count). The van der Waals surface area contributed by atoms with Crippen molar-refractivity contribution in [3.05, 3.63) is 35.4 Å². The van der Waals surface area contributed by atoms with E-state index in [1.807, 2.05) is 0 Å². The van der Waals surface area contributed by atoms with Crippen molar-refractivity contribution in [2.24, 2.45) is 5.16 Å². The molecule has 0 spiro atoms. The first-order valence-electron chi connectivity index (χ1n) is 4.13. The molecule has 0 fully saturated rings. The third kappa shape index (κ3) is 2.58. The summed E-state index contributed by atoms with van der Waals surface area (Å²) in [6.07, 6.45) is 0.524. The summed E-state index contributed by atoms with van der Waals surface area (Å²) in [6, 6.07) is 6.47. The molecule has 0 bridgehead atoms. The summed E-state index contributed by atoms with van der Waals surface area (Å²) in [5.74, 6) is -0.941. The molecular weight excluding hydrogens is 182 g/mol. The first kappa shape index (κ1) is 10.2. The average Bonchev–Trinajstić information content (AvgIpc) is 2.18. The van der Waals surface area contributed by atoms with Crippen LogP contribution >= 0.6 is 0 Å². The first-order valence-corrected chi connectivity index (χ1v) is 4.13. The van der Waals surface area contributed by atoms with E-state index >= 15 is 0 Å². The van der Waals surface area contributed by atoms with Gasteiger partial charge < -0.3 is 10.3 Å². The lowest BCUT2D eigenvalue weighted by Crippen LogP contribution is -1.99. The van der Waals surface area contributed by atoms with Gasteiger partial charge in [-0.2, -0.15) is 0 Å². The van der Waals surface area contributed by atoms with E-state index in [-0.39, 0.29) is 5.56 Å². The molecule has 0 radical (unpaired) electrons. The fraction of sp³-hybridized carbons (Fsp3) is 0.200. The molecule has 1 aromatic carbocycles. The van der Waals surface area contributed by atoms with Crippen LogP contribution < -0.4 is 0 Å². The average molecular weight is 193 g/mol. The van der Waals surface area contributed by atoms with Crippen molar-refractivity contribution in [2.45, 2.75) is 13.3 Å². The molecule has 0 heterocycles. The lowest BCUT2D eigenvalue weighted by atomic mass is 10.1. The number of oxime groups is 1. The molecule has 1 aromatic rings. The van der Waals surface area contributed by atoms with Gasteiger partial charge >= 0.3 is 5.97 Å². The molecule has 14 heavy (non-hydrogen) atoms. The van der Waals surface area contributed by atoms with Gasteiger partial charge in [-0.1, -0.05) is 17.3 Å². The molecule has 0 atom stereocenters. The summed E-state index contributed by atoms with van der Waals surface area (Å²) in [5.41, 5.74) is 1.77. The molecule has 0 aromatic heterocycles. The van der Waals surface area contributed by atoms with Gasteiger partial charge in [0.2, 0.25) is 0 Å². The van der Waals surface area contributed by atoms with Crippen LogP contribution in [0.25, 0.3) is 0 Å². The molecule has 2 N–H and O–H groups in total. The SMILES string of the molecule is C/C(Cc1ccc(C(=O)O)cc1)=N\O. The number of benzene rings is 1. The number of carboxylic acids is 1. The van der Waals surface area contributed by atoms with Gasteiger partial charge in [-0.25, -0.2) is 4.79 Å². The summed E-state index contributed by atoms with van der Waals surface area (Å²) in [5, 5.41) is 20.1. The van der Waals surface area contributed by atoms with E-state index in [1.54, 1.807) is 19.1 Å². The van der Waals surface area contributed by atoms with Crippen molar-refractivity contribution in [1.29, 1.82) is 0 Å². The van der Waals surface area contributed by atoms with E-state index in [2.05, 4.69) is 5.16 Å². The van der Waals surface area contributed by atoms with Crippen molar-refractivity contribution < 1.29 is 15.1 Å². The van der Waals surface area contributed by atoms with Crippen LogP contribution in [0.4, 0.5) is 0 Å². The number of carbonyl (C=O) groups is 1. The number of hydrogen-bond donors (Lipinski definition) is 2. The molecule has 74 valence electrons.